The minimum Gasteiger partial charge on any atom is -0.495 e. The number of hydrogen-bond donors (Lipinski definition) is 3. The molecular formula is C25H31N3O7. The van der Waals surface area contributed by atoms with Crippen LogP contribution in [-0.4, -0.2) is 79.4 Å². The van der Waals surface area contributed by atoms with Crippen LogP contribution >= 0.6 is 0 Å². The van der Waals surface area contributed by atoms with Gasteiger partial charge in [0, 0.05) is 50.9 Å². The van der Waals surface area contributed by atoms with E-state index in [4.69, 9.17) is 29.3 Å². The molecule has 0 bridgehead atoms. The molecule has 4 rings (SSSR count). The number of carbonyl (C=O) groups is 3. The summed E-state index contributed by atoms with van der Waals surface area (Å²) in [5.74, 6) is -1.80. The molecule has 0 aliphatic carbocycles. The first kappa shape index (κ1) is 25.8. The summed E-state index contributed by atoms with van der Waals surface area (Å²) in [5.41, 5.74) is 3.26. The molecule has 3 N–H and O–H groups in total. The highest BCUT2D eigenvalue weighted by Crippen LogP contribution is 2.29. The van der Waals surface area contributed by atoms with E-state index in [1.807, 2.05) is 24.3 Å². The summed E-state index contributed by atoms with van der Waals surface area (Å²) in [6, 6.07) is 14.2. The topological polar surface area (TPSA) is 129 Å². The Hall–Kier alpha value is -3.79. The number of benzene rings is 2. The molecule has 188 valence electrons. The quantitative estimate of drug-likeness (QED) is 0.400. The van der Waals surface area contributed by atoms with Gasteiger partial charge >= 0.3 is 11.9 Å². The SMILES string of the molecule is COc1ccccc1N1CCN(CCCOc2ccc3c(c2)NC(=O)CC3)CC1.O=C(O)C(=O)O. The van der Waals surface area contributed by atoms with Gasteiger partial charge in [0.2, 0.25) is 5.91 Å². The Morgan fingerprint density at radius 2 is 1.71 bits per heavy atom. The Morgan fingerprint density at radius 1 is 1.00 bits per heavy atom. The van der Waals surface area contributed by atoms with Gasteiger partial charge in [0.15, 0.2) is 0 Å². The molecule has 0 unspecified atom stereocenters. The predicted octanol–water partition coefficient (Wildman–Crippen LogP) is 2.33. The maximum Gasteiger partial charge on any atom is 0.414 e. The molecule has 2 aromatic rings. The molecule has 0 saturated carbocycles. The number of para-hydroxylation sites is 2. The molecule has 2 aromatic carbocycles. The zero-order valence-corrected chi connectivity index (χ0v) is 19.7. The second-order valence-corrected chi connectivity index (χ2v) is 8.18. The van der Waals surface area contributed by atoms with Crippen molar-refractivity contribution in [3.63, 3.8) is 0 Å². The number of aryl methyl sites for hydroxylation is 1. The summed E-state index contributed by atoms with van der Waals surface area (Å²) in [6.45, 7) is 5.81. The molecule has 2 aliphatic heterocycles. The minimum absolute atomic E-state index is 0.0851. The largest absolute Gasteiger partial charge is 0.495 e. The Bertz CT molecular complexity index is 1020. The van der Waals surface area contributed by atoms with Gasteiger partial charge in [-0.25, -0.2) is 9.59 Å². The molecule has 0 atom stereocenters. The van der Waals surface area contributed by atoms with Crippen LogP contribution in [0.1, 0.15) is 18.4 Å². The highest BCUT2D eigenvalue weighted by molar-refractivity contribution is 6.27. The van der Waals surface area contributed by atoms with Crippen LogP contribution in [0.4, 0.5) is 11.4 Å². The van der Waals surface area contributed by atoms with Crippen molar-refractivity contribution in [1.29, 1.82) is 0 Å². The highest BCUT2D eigenvalue weighted by Gasteiger charge is 2.19. The molecule has 2 heterocycles. The van der Waals surface area contributed by atoms with Crippen LogP contribution in [0.3, 0.4) is 0 Å². The first-order chi connectivity index (χ1) is 16.9. The fraction of sp³-hybridized carbons (Fsp3) is 0.400. The molecule has 0 radical (unpaired) electrons. The Labute approximate surface area is 204 Å². The number of amides is 1. The van der Waals surface area contributed by atoms with Gasteiger partial charge in [0.1, 0.15) is 11.5 Å². The van der Waals surface area contributed by atoms with Crippen LogP contribution in [0.15, 0.2) is 42.5 Å². The third-order valence-electron chi connectivity index (χ3n) is 5.85. The fourth-order valence-corrected chi connectivity index (χ4v) is 4.02. The molecule has 2 aliphatic rings. The molecule has 10 heteroatoms. The van der Waals surface area contributed by atoms with E-state index in [0.29, 0.717) is 13.0 Å². The lowest BCUT2D eigenvalue weighted by atomic mass is 10.0. The predicted molar refractivity (Wildman–Crippen MR) is 130 cm³/mol. The van der Waals surface area contributed by atoms with E-state index in [-0.39, 0.29) is 5.91 Å². The molecular weight excluding hydrogens is 454 g/mol. The number of methoxy groups -OCH3 is 1. The van der Waals surface area contributed by atoms with Gasteiger partial charge in [0.05, 0.1) is 19.4 Å². The fourth-order valence-electron chi connectivity index (χ4n) is 4.02. The van der Waals surface area contributed by atoms with Gasteiger partial charge in [-0.1, -0.05) is 18.2 Å². The van der Waals surface area contributed by atoms with E-state index < -0.39 is 11.9 Å². The standard InChI is InChI=1S/C23H29N3O3.C2H2O4/c1-28-22-6-3-2-5-21(22)26-14-12-25(13-15-26)11-4-16-29-19-9-7-18-8-10-23(27)24-20(18)17-19;3-1(4)2(5)6/h2-3,5-7,9,17H,4,8,10-16H2,1H3,(H,24,27);(H,3,4)(H,5,6). The van der Waals surface area contributed by atoms with Gasteiger partial charge in [-0.15, -0.1) is 0 Å². The third-order valence-corrected chi connectivity index (χ3v) is 5.85. The highest BCUT2D eigenvalue weighted by atomic mass is 16.5. The number of rotatable bonds is 7. The molecule has 0 spiro atoms. The monoisotopic (exact) mass is 485 g/mol. The zero-order valence-electron chi connectivity index (χ0n) is 19.7. The number of anilines is 2. The number of carboxylic acids is 2. The summed E-state index contributed by atoms with van der Waals surface area (Å²) in [7, 11) is 1.73. The van der Waals surface area contributed by atoms with E-state index >= 15 is 0 Å². The van der Waals surface area contributed by atoms with E-state index in [9.17, 15) is 4.79 Å². The van der Waals surface area contributed by atoms with Crippen molar-refractivity contribution in [3.05, 3.63) is 48.0 Å². The second kappa shape index (κ2) is 12.6. The van der Waals surface area contributed by atoms with Crippen molar-refractivity contribution in [3.8, 4) is 11.5 Å². The van der Waals surface area contributed by atoms with Gasteiger partial charge < -0.3 is 29.9 Å². The van der Waals surface area contributed by atoms with Crippen LogP contribution in [0.5, 0.6) is 11.5 Å². The number of nitrogens with one attached hydrogen (secondary N) is 1. The van der Waals surface area contributed by atoms with Crippen molar-refractivity contribution < 1.29 is 34.1 Å². The normalized spacial score (nSPS) is 15.2. The molecule has 1 fully saturated rings. The number of ether oxygens (including phenoxy) is 2. The van der Waals surface area contributed by atoms with Crippen LogP contribution in [0, 0.1) is 0 Å². The molecule has 1 saturated heterocycles. The minimum atomic E-state index is -1.82. The molecule has 0 aromatic heterocycles. The van der Waals surface area contributed by atoms with E-state index in [1.54, 1.807) is 7.11 Å². The Morgan fingerprint density at radius 3 is 2.40 bits per heavy atom. The number of fused-ring (bicyclic) bond motifs is 1. The Kier molecular flexibility index (Phi) is 9.31. The number of piperazine rings is 1. The van der Waals surface area contributed by atoms with E-state index in [1.165, 1.54) is 11.3 Å². The zero-order chi connectivity index (χ0) is 25.2. The van der Waals surface area contributed by atoms with Gasteiger partial charge in [-0.3, -0.25) is 9.69 Å². The van der Waals surface area contributed by atoms with Crippen molar-refractivity contribution in [2.24, 2.45) is 0 Å². The maximum atomic E-state index is 11.6. The molecule has 10 nitrogen and oxygen atoms in total. The van der Waals surface area contributed by atoms with Crippen molar-refractivity contribution in [2.75, 3.05) is 56.7 Å². The first-order valence-electron chi connectivity index (χ1n) is 11.5. The number of hydrogen-bond acceptors (Lipinski definition) is 7. The summed E-state index contributed by atoms with van der Waals surface area (Å²) in [6.07, 6.45) is 2.36. The maximum absolute atomic E-state index is 11.6. The summed E-state index contributed by atoms with van der Waals surface area (Å²) < 4.78 is 11.4. The van der Waals surface area contributed by atoms with Crippen LogP contribution in [0.25, 0.3) is 0 Å². The average Bonchev–Trinajstić information content (AvgIpc) is 2.87. The summed E-state index contributed by atoms with van der Waals surface area (Å²) in [5, 5.41) is 17.7. The second-order valence-electron chi connectivity index (χ2n) is 8.18. The lowest BCUT2D eigenvalue weighted by molar-refractivity contribution is -0.159. The van der Waals surface area contributed by atoms with Crippen molar-refractivity contribution >= 4 is 29.2 Å². The smallest absolute Gasteiger partial charge is 0.414 e. The number of aliphatic carboxylic acids is 2. The van der Waals surface area contributed by atoms with Crippen molar-refractivity contribution in [2.45, 2.75) is 19.3 Å². The Balaban J connectivity index is 0.000000509. The van der Waals surface area contributed by atoms with Crippen LogP contribution in [-0.2, 0) is 20.8 Å². The average molecular weight is 486 g/mol. The summed E-state index contributed by atoms with van der Waals surface area (Å²) >= 11 is 0. The first-order valence-corrected chi connectivity index (χ1v) is 11.5. The van der Waals surface area contributed by atoms with E-state index in [2.05, 4.69) is 33.3 Å². The summed E-state index contributed by atoms with van der Waals surface area (Å²) in [4.78, 5) is 34.6. The number of nitrogens with zero attached hydrogens (tertiary/aromatic N) is 2. The van der Waals surface area contributed by atoms with Crippen molar-refractivity contribution in [1.82, 2.24) is 4.90 Å². The lowest BCUT2D eigenvalue weighted by Gasteiger charge is -2.36. The third kappa shape index (κ3) is 7.61. The van der Waals surface area contributed by atoms with Crippen LogP contribution in [0.2, 0.25) is 0 Å². The van der Waals surface area contributed by atoms with Gasteiger partial charge in [-0.05, 0) is 36.6 Å². The van der Waals surface area contributed by atoms with Gasteiger partial charge in [-0.2, -0.15) is 0 Å². The lowest BCUT2D eigenvalue weighted by Crippen LogP contribution is -2.46. The van der Waals surface area contributed by atoms with E-state index in [0.717, 1.165) is 62.8 Å². The number of carboxylic acid groups (broad SMARTS) is 2. The molecule has 35 heavy (non-hydrogen) atoms. The molecule has 1 amide bonds. The van der Waals surface area contributed by atoms with Crippen LogP contribution < -0.4 is 19.7 Å². The van der Waals surface area contributed by atoms with Gasteiger partial charge in [0.25, 0.3) is 0 Å². The number of carbonyl (C=O) groups excluding carboxylic acids is 1.